The molecule has 0 aromatic heterocycles. The van der Waals surface area contributed by atoms with Gasteiger partial charge in [-0.05, 0) is 51.5 Å². The molecule has 0 saturated heterocycles. The van der Waals surface area contributed by atoms with Gasteiger partial charge in [0.25, 0.3) is 0 Å². The fourth-order valence-corrected chi connectivity index (χ4v) is 3.14. The summed E-state index contributed by atoms with van der Waals surface area (Å²) in [5.41, 5.74) is 0. The first kappa shape index (κ1) is 17.5. The maximum atomic E-state index is 10.9. The number of carbonyl (C=O) groups is 1. The number of nitrogens with one attached hydrogen (secondary N) is 1. The van der Waals surface area contributed by atoms with E-state index < -0.39 is 5.97 Å². The molecule has 118 valence electrons. The Kier molecular flexibility index (Phi) is 8.92. The number of carboxylic acid groups (broad SMARTS) is 1. The molecule has 0 aromatic rings. The van der Waals surface area contributed by atoms with Crippen molar-refractivity contribution in [3.63, 3.8) is 0 Å². The van der Waals surface area contributed by atoms with Crippen LogP contribution in [0.2, 0.25) is 0 Å². The van der Waals surface area contributed by atoms with Gasteiger partial charge in [-0.3, -0.25) is 4.79 Å². The van der Waals surface area contributed by atoms with Crippen LogP contribution in [0.1, 0.15) is 78.1 Å². The zero-order valence-corrected chi connectivity index (χ0v) is 13.4. The van der Waals surface area contributed by atoms with E-state index >= 15 is 0 Å². The maximum Gasteiger partial charge on any atom is 0.306 e. The van der Waals surface area contributed by atoms with Crippen molar-refractivity contribution in [1.82, 2.24) is 5.32 Å². The minimum atomic E-state index is -0.600. The topological polar surface area (TPSA) is 49.3 Å². The summed E-state index contributed by atoms with van der Waals surface area (Å²) in [5, 5.41) is 12.6. The molecule has 3 nitrogen and oxygen atoms in total. The summed E-state index contributed by atoms with van der Waals surface area (Å²) in [5.74, 6) is 0.00670. The number of rotatable bonds is 10. The Labute approximate surface area is 124 Å². The first-order valence-corrected chi connectivity index (χ1v) is 8.59. The van der Waals surface area contributed by atoms with Gasteiger partial charge in [0.1, 0.15) is 0 Å². The van der Waals surface area contributed by atoms with E-state index in [2.05, 4.69) is 19.2 Å². The molecule has 0 aliphatic heterocycles. The summed E-state index contributed by atoms with van der Waals surface area (Å²) < 4.78 is 0. The van der Waals surface area contributed by atoms with Gasteiger partial charge in [-0.15, -0.1) is 0 Å². The fourth-order valence-electron chi connectivity index (χ4n) is 3.14. The van der Waals surface area contributed by atoms with Crippen LogP contribution in [0.5, 0.6) is 0 Å². The van der Waals surface area contributed by atoms with Crippen LogP contribution < -0.4 is 5.32 Å². The van der Waals surface area contributed by atoms with Crippen molar-refractivity contribution < 1.29 is 9.90 Å². The fraction of sp³-hybridized carbons (Fsp3) is 0.941. The maximum absolute atomic E-state index is 10.9. The van der Waals surface area contributed by atoms with Crippen LogP contribution in [0.3, 0.4) is 0 Å². The third-order valence-corrected chi connectivity index (χ3v) is 4.69. The Balaban J connectivity index is 2.01. The molecule has 0 heterocycles. The monoisotopic (exact) mass is 283 g/mol. The summed E-state index contributed by atoms with van der Waals surface area (Å²) in [6.45, 7) is 5.61. The molecule has 1 aliphatic carbocycles. The Hall–Kier alpha value is -0.570. The number of aliphatic carboxylic acids is 1. The van der Waals surface area contributed by atoms with Gasteiger partial charge in [-0.1, -0.05) is 39.0 Å². The molecule has 2 N–H and O–H groups in total. The molecule has 1 fully saturated rings. The SMILES string of the molecule is CCCCCCCC(C)NCC1CCC(C(=O)O)CC1. The van der Waals surface area contributed by atoms with Crippen LogP contribution in [0.25, 0.3) is 0 Å². The molecule has 1 aliphatic rings. The summed E-state index contributed by atoms with van der Waals surface area (Å²) in [4.78, 5) is 10.9. The summed E-state index contributed by atoms with van der Waals surface area (Å²) >= 11 is 0. The number of carboxylic acids is 1. The van der Waals surface area contributed by atoms with Crippen LogP contribution in [-0.4, -0.2) is 23.7 Å². The highest BCUT2D eigenvalue weighted by Gasteiger charge is 2.25. The largest absolute Gasteiger partial charge is 0.481 e. The van der Waals surface area contributed by atoms with Crippen molar-refractivity contribution in [1.29, 1.82) is 0 Å². The molecule has 20 heavy (non-hydrogen) atoms. The lowest BCUT2D eigenvalue weighted by atomic mass is 9.82. The number of hydrogen-bond acceptors (Lipinski definition) is 2. The van der Waals surface area contributed by atoms with Gasteiger partial charge in [0.2, 0.25) is 0 Å². The smallest absolute Gasteiger partial charge is 0.306 e. The van der Waals surface area contributed by atoms with E-state index in [0.29, 0.717) is 12.0 Å². The second-order valence-corrected chi connectivity index (χ2v) is 6.57. The quantitative estimate of drug-likeness (QED) is 0.590. The van der Waals surface area contributed by atoms with Gasteiger partial charge in [0, 0.05) is 6.04 Å². The normalized spacial score (nSPS) is 24.5. The van der Waals surface area contributed by atoms with E-state index in [9.17, 15) is 4.79 Å². The summed E-state index contributed by atoms with van der Waals surface area (Å²) in [6, 6.07) is 0.605. The zero-order valence-electron chi connectivity index (χ0n) is 13.4. The van der Waals surface area contributed by atoms with E-state index in [1.54, 1.807) is 0 Å². The van der Waals surface area contributed by atoms with E-state index in [-0.39, 0.29) is 5.92 Å². The second kappa shape index (κ2) is 10.2. The minimum Gasteiger partial charge on any atom is -0.481 e. The average molecular weight is 283 g/mol. The first-order valence-electron chi connectivity index (χ1n) is 8.59. The second-order valence-electron chi connectivity index (χ2n) is 6.57. The van der Waals surface area contributed by atoms with Crippen molar-refractivity contribution in [2.24, 2.45) is 11.8 Å². The molecule has 0 spiro atoms. The Morgan fingerprint density at radius 2 is 1.80 bits per heavy atom. The summed E-state index contributed by atoms with van der Waals surface area (Å²) in [6.07, 6.45) is 11.9. The molecule has 0 radical (unpaired) electrons. The van der Waals surface area contributed by atoms with Crippen molar-refractivity contribution in [3.8, 4) is 0 Å². The van der Waals surface area contributed by atoms with Gasteiger partial charge in [-0.2, -0.15) is 0 Å². The van der Waals surface area contributed by atoms with E-state index in [4.69, 9.17) is 5.11 Å². The van der Waals surface area contributed by atoms with Crippen molar-refractivity contribution in [3.05, 3.63) is 0 Å². The summed E-state index contributed by atoms with van der Waals surface area (Å²) in [7, 11) is 0. The minimum absolute atomic E-state index is 0.0813. The van der Waals surface area contributed by atoms with Crippen LogP contribution >= 0.6 is 0 Å². The van der Waals surface area contributed by atoms with E-state index in [0.717, 1.165) is 32.2 Å². The third kappa shape index (κ3) is 7.28. The first-order chi connectivity index (χ1) is 9.63. The van der Waals surface area contributed by atoms with Crippen LogP contribution in [0, 0.1) is 11.8 Å². The molecule has 3 heteroatoms. The van der Waals surface area contributed by atoms with Gasteiger partial charge >= 0.3 is 5.97 Å². The van der Waals surface area contributed by atoms with Crippen LogP contribution in [-0.2, 0) is 4.79 Å². The van der Waals surface area contributed by atoms with Gasteiger partial charge < -0.3 is 10.4 Å². The molecule has 0 amide bonds. The highest BCUT2D eigenvalue weighted by Crippen LogP contribution is 2.28. The molecule has 0 bridgehead atoms. The predicted octanol–water partition coefficient (Wildman–Crippen LogP) is 4.22. The Morgan fingerprint density at radius 3 is 2.40 bits per heavy atom. The lowest BCUT2D eigenvalue weighted by Crippen LogP contribution is -2.33. The molecule has 1 rings (SSSR count). The molecule has 1 saturated carbocycles. The van der Waals surface area contributed by atoms with Gasteiger partial charge in [-0.25, -0.2) is 0 Å². The predicted molar refractivity (Wildman–Crippen MR) is 83.9 cm³/mol. The Bertz CT molecular complexity index is 260. The van der Waals surface area contributed by atoms with Crippen LogP contribution in [0.15, 0.2) is 0 Å². The van der Waals surface area contributed by atoms with Gasteiger partial charge in [0.05, 0.1) is 5.92 Å². The number of unbranched alkanes of at least 4 members (excludes halogenated alkanes) is 4. The lowest BCUT2D eigenvalue weighted by molar-refractivity contribution is -0.143. The third-order valence-electron chi connectivity index (χ3n) is 4.69. The van der Waals surface area contributed by atoms with Gasteiger partial charge in [0.15, 0.2) is 0 Å². The lowest BCUT2D eigenvalue weighted by Gasteiger charge is -2.27. The van der Waals surface area contributed by atoms with E-state index in [1.165, 1.54) is 38.5 Å². The molecule has 1 unspecified atom stereocenters. The van der Waals surface area contributed by atoms with E-state index in [1.807, 2.05) is 0 Å². The molecule has 0 aromatic carbocycles. The van der Waals surface area contributed by atoms with Crippen molar-refractivity contribution in [2.75, 3.05) is 6.54 Å². The zero-order chi connectivity index (χ0) is 14.8. The highest BCUT2D eigenvalue weighted by molar-refractivity contribution is 5.69. The number of hydrogen-bond donors (Lipinski definition) is 2. The Morgan fingerprint density at radius 1 is 1.15 bits per heavy atom. The molecular weight excluding hydrogens is 250 g/mol. The standard InChI is InChI=1S/C17H33NO2/c1-3-4-5-6-7-8-14(2)18-13-15-9-11-16(12-10-15)17(19)20/h14-16,18H,3-13H2,1-2H3,(H,19,20). The van der Waals surface area contributed by atoms with Crippen molar-refractivity contribution in [2.45, 2.75) is 84.1 Å². The average Bonchev–Trinajstić information content (AvgIpc) is 2.45. The van der Waals surface area contributed by atoms with Crippen molar-refractivity contribution >= 4 is 5.97 Å². The molecular formula is C17H33NO2. The van der Waals surface area contributed by atoms with Crippen LogP contribution in [0.4, 0.5) is 0 Å². The molecule has 1 atom stereocenters. The highest BCUT2D eigenvalue weighted by atomic mass is 16.4.